The maximum atomic E-state index is 7.67. The van der Waals surface area contributed by atoms with Gasteiger partial charge in [-0.15, -0.1) is 0 Å². The van der Waals surface area contributed by atoms with Crippen LogP contribution in [0.2, 0.25) is 0 Å². The zero-order valence-corrected chi connectivity index (χ0v) is 19.1. The van der Waals surface area contributed by atoms with Crippen molar-refractivity contribution in [2.24, 2.45) is 11.5 Å². The van der Waals surface area contributed by atoms with Crippen LogP contribution >= 0.6 is 0 Å². The van der Waals surface area contributed by atoms with Gasteiger partial charge in [0.15, 0.2) is 11.9 Å². The molecule has 0 saturated carbocycles. The average Bonchev–Trinajstić information content (AvgIpc) is 3.16. The lowest BCUT2D eigenvalue weighted by Gasteiger charge is -2.26. The molecule has 0 saturated heterocycles. The summed E-state index contributed by atoms with van der Waals surface area (Å²) in [6.07, 6.45) is 6.18. The lowest BCUT2D eigenvalue weighted by atomic mass is 9.96. The van der Waals surface area contributed by atoms with Gasteiger partial charge in [0.05, 0.1) is 0 Å². The molecule has 7 heteroatoms. The van der Waals surface area contributed by atoms with Crippen molar-refractivity contribution in [1.29, 1.82) is 10.8 Å². The van der Waals surface area contributed by atoms with E-state index in [0.717, 1.165) is 32.5 Å². The van der Waals surface area contributed by atoms with Crippen molar-refractivity contribution in [2.45, 2.75) is 26.3 Å². The summed E-state index contributed by atoms with van der Waals surface area (Å²) < 4.78 is 2.39. The molecule has 2 aliphatic rings. The van der Waals surface area contributed by atoms with Gasteiger partial charge in [-0.2, -0.15) is 0 Å². The minimum absolute atomic E-state index is 0.141. The van der Waals surface area contributed by atoms with Crippen LogP contribution in [0.4, 0.5) is 0 Å². The highest BCUT2D eigenvalue weighted by Crippen LogP contribution is 2.35. The number of hydrogen-bond acceptors (Lipinski definition) is 2. The Labute approximate surface area is 194 Å². The molecule has 6 N–H and O–H groups in total. The predicted molar refractivity (Wildman–Crippen MR) is 137 cm³/mol. The third kappa shape index (κ3) is 3.73. The Morgan fingerprint density at radius 2 is 1.24 bits per heavy atom. The standard InChI is InChI=1S/C26H31N7/c1-2-33-23-5-3-19(17-7-11-31(12-8-17)25(27)28)15-21(23)22-16-20(4-6-24(22)33)18-9-13-32(14-10-18)26(29)30/h3-7,9,15-16H,2,8,10-14H2,1H3,(H3,27,28)(H3,29,30). The maximum absolute atomic E-state index is 7.67. The summed E-state index contributed by atoms with van der Waals surface area (Å²) in [4.78, 5) is 3.78. The molecule has 0 fully saturated rings. The first-order valence-corrected chi connectivity index (χ1v) is 11.6. The largest absolute Gasteiger partial charge is 0.370 e. The molecule has 0 spiro atoms. The highest BCUT2D eigenvalue weighted by Gasteiger charge is 2.18. The summed E-state index contributed by atoms with van der Waals surface area (Å²) >= 11 is 0. The molecule has 1 aromatic heterocycles. The Bertz CT molecular complexity index is 1230. The van der Waals surface area contributed by atoms with Crippen molar-refractivity contribution in [3.05, 3.63) is 59.7 Å². The number of nitrogens with zero attached hydrogens (tertiary/aromatic N) is 3. The molecule has 170 valence electrons. The van der Waals surface area contributed by atoms with Gasteiger partial charge >= 0.3 is 0 Å². The number of guanidine groups is 2. The number of hydrogen-bond donors (Lipinski definition) is 4. The second kappa shape index (κ2) is 8.31. The first kappa shape index (κ1) is 21.1. The van der Waals surface area contributed by atoms with Crippen LogP contribution in [0.1, 0.15) is 30.9 Å². The van der Waals surface area contributed by atoms with Crippen LogP contribution in [0.25, 0.3) is 33.0 Å². The van der Waals surface area contributed by atoms with Gasteiger partial charge in [0.25, 0.3) is 0 Å². The van der Waals surface area contributed by atoms with Gasteiger partial charge in [-0.05, 0) is 66.3 Å². The summed E-state index contributed by atoms with van der Waals surface area (Å²) in [7, 11) is 0. The minimum atomic E-state index is 0.141. The fraction of sp³-hybridized carbons (Fsp3) is 0.308. The van der Waals surface area contributed by atoms with Crippen LogP contribution in [0, 0.1) is 10.8 Å². The predicted octanol–water partition coefficient (Wildman–Crippen LogP) is 3.78. The topological polar surface area (TPSA) is 111 Å². The van der Waals surface area contributed by atoms with E-state index in [4.69, 9.17) is 22.3 Å². The van der Waals surface area contributed by atoms with Crippen LogP contribution in [0.5, 0.6) is 0 Å². The maximum Gasteiger partial charge on any atom is 0.188 e. The SMILES string of the molecule is CCn1c2ccc(C3=CCN(C(=N)N)CC3)cc2c2cc(C3=CCN(C(=N)N)CC3)ccc21. The molecule has 3 heterocycles. The van der Waals surface area contributed by atoms with E-state index in [9.17, 15) is 0 Å². The second-order valence-corrected chi connectivity index (χ2v) is 8.83. The Kier molecular flexibility index (Phi) is 5.32. The van der Waals surface area contributed by atoms with Crippen LogP contribution in [0.15, 0.2) is 48.6 Å². The number of fused-ring (bicyclic) bond motifs is 3. The first-order chi connectivity index (χ1) is 16.0. The van der Waals surface area contributed by atoms with Crippen molar-refractivity contribution in [1.82, 2.24) is 14.4 Å². The van der Waals surface area contributed by atoms with Gasteiger partial charge in [-0.1, -0.05) is 24.3 Å². The van der Waals surface area contributed by atoms with Crippen molar-refractivity contribution < 1.29 is 0 Å². The van der Waals surface area contributed by atoms with Crippen LogP contribution in [0.3, 0.4) is 0 Å². The Morgan fingerprint density at radius 3 is 1.58 bits per heavy atom. The summed E-state index contributed by atoms with van der Waals surface area (Å²) in [6, 6.07) is 13.6. The summed E-state index contributed by atoms with van der Waals surface area (Å²) in [6.45, 7) is 6.06. The van der Waals surface area contributed by atoms with Crippen molar-refractivity contribution in [2.75, 3.05) is 26.2 Å². The van der Waals surface area contributed by atoms with E-state index in [1.165, 1.54) is 44.1 Å². The molecule has 0 atom stereocenters. The monoisotopic (exact) mass is 441 g/mol. The van der Waals surface area contributed by atoms with E-state index in [-0.39, 0.29) is 11.9 Å². The molecule has 0 bridgehead atoms. The Morgan fingerprint density at radius 1 is 0.788 bits per heavy atom. The molecule has 3 aromatic rings. The number of aromatic nitrogens is 1. The molecule has 0 unspecified atom stereocenters. The van der Waals surface area contributed by atoms with Crippen molar-refractivity contribution >= 4 is 44.9 Å². The number of rotatable bonds is 3. The third-order valence-electron chi connectivity index (χ3n) is 7.02. The molecule has 33 heavy (non-hydrogen) atoms. The smallest absolute Gasteiger partial charge is 0.188 e. The molecular formula is C26H31N7. The van der Waals surface area contributed by atoms with Gasteiger partial charge in [-0.25, -0.2) is 0 Å². The van der Waals surface area contributed by atoms with E-state index in [1.807, 2.05) is 9.80 Å². The van der Waals surface area contributed by atoms with Crippen LogP contribution < -0.4 is 11.5 Å². The van der Waals surface area contributed by atoms with E-state index < -0.39 is 0 Å². The fourth-order valence-electron chi connectivity index (χ4n) is 5.14. The summed E-state index contributed by atoms with van der Waals surface area (Å²) in [5.41, 5.74) is 19.0. The molecule has 5 rings (SSSR count). The average molecular weight is 442 g/mol. The normalized spacial score (nSPS) is 16.8. The molecular weight excluding hydrogens is 410 g/mol. The lowest BCUT2D eigenvalue weighted by molar-refractivity contribution is 0.451. The van der Waals surface area contributed by atoms with Gasteiger partial charge in [-0.3, -0.25) is 10.8 Å². The van der Waals surface area contributed by atoms with E-state index in [2.05, 4.69) is 60.0 Å². The molecule has 7 nitrogen and oxygen atoms in total. The molecule has 0 amide bonds. The summed E-state index contributed by atoms with van der Waals surface area (Å²) in [5, 5.41) is 17.9. The number of aryl methyl sites for hydroxylation is 1. The van der Waals surface area contributed by atoms with Crippen LogP contribution in [-0.2, 0) is 6.54 Å². The number of benzene rings is 2. The van der Waals surface area contributed by atoms with E-state index >= 15 is 0 Å². The van der Waals surface area contributed by atoms with E-state index in [0.29, 0.717) is 13.1 Å². The highest BCUT2D eigenvalue weighted by atomic mass is 15.2. The third-order valence-corrected chi connectivity index (χ3v) is 7.02. The molecule has 2 aromatic carbocycles. The lowest BCUT2D eigenvalue weighted by Crippen LogP contribution is -2.39. The zero-order chi connectivity index (χ0) is 23.1. The molecule has 0 radical (unpaired) electrons. The van der Waals surface area contributed by atoms with Gasteiger partial charge in [0.2, 0.25) is 0 Å². The van der Waals surface area contributed by atoms with Crippen molar-refractivity contribution in [3.63, 3.8) is 0 Å². The molecule has 0 aliphatic carbocycles. The second-order valence-electron chi connectivity index (χ2n) is 8.83. The van der Waals surface area contributed by atoms with Gasteiger partial charge < -0.3 is 25.8 Å². The zero-order valence-electron chi connectivity index (χ0n) is 19.1. The number of nitrogens with one attached hydrogen (secondary N) is 2. The van der Waals surface area contributed by atoms with Gasteiger partial charge in [0.1, 0.15) is 0 Å². The van der Waals surface area contributed by atoms with Crippen molar-refractivity contribution in [3.8, 4) is 0 Å². The van der Waals surface area contributed by atoms with E-state index in [1.54, 1.807) is 0 Å². The Hall–Kier alpha value is -3.74. The summed E-state index contributed by atoms with van der Waals surface area (Å²) in [5.74, 6) is 0.283. The fourth-order valence-corrected chi connectivity index (χ4v) is 5.14. The number of nitrogens with two attached hydrogens (primary N) is 2. The molecule has 2 aliphatic heterocycles. The van der Waals surface area contributed by atoms with Gasteiger partial charge in [0, 0.05) is 54.5 Å². The van der Waals surface area contributed by atoms with Crippen LogP contribution in [-0.4, -0.2) is 52.5 Å². The highest BCUT2D eigenvalue weighted by molar-refractivity contribution is 6.09. The first-order valence-electron chi connectivity index (χ1n) is 11.6. The Balaban J connectivity index is 1.56. The quantitative estimate of drug-likeness (QED) is 0.366. The minimum Gasteiger partial charge on any atom is -0.370 e.